The molecule has 35 heavy (non-hydrogen) atoms. The number of carbonyl (C=O) groups is 1. The Hall–Kier alpha value is -1.02. The standard InChI is InChI=1S/C26H51N2O6P/c1-6-8-10-11-12-13-14-15-16-18-19-25(29)24(27-26(30)20-17-9-7-2)23-34-35(31,32)33-22-21-28(3,4)5/h13-14,18-19,24-25,29H,6-12,15-17,20-23H2,1-5H3,(H-,27,30,31,32)/b14-13+,19-18+. The van der Waals surface area contributed by atoms with E-state index in [1.54, 1.807) is 6.08 Å². The van der Waals surface area contributed by atoms with Crippen molar-refractivity contribution >= 4 is 13.7 Å². The van der Waals surface area contributed by atoms with Crippen molar-refractivity contribution in [1.29, 1.82) is 0 Å². The third-order valence-corrected chi connectivity index (χ3v) is 6.38. The maximum atomic E-state index is 12.3. The third-order valence-electron chi connectivity index (χ3n) is 5.41. The first-order valence-electron chi connectivity index (χ1n) is 13.2. The second-order valence-electron chi connectivity index (χ2n) is 10.0. The zero-order valence-electron chi connectivity index (χ0n) is 22.7. The zero-order chi connectivity index (χ0) is 26.6. The molecule has 0 aromatic rings. The number of unbranched alkanes of at least 4 members (excludes halogenated alkanes) is 7. The van der Waals surface area contributed by atoms with Gasteiger partial charge in [-0.3, -0.25) is 9.36 Å². The lowest BCUT2D eigenvalue weighted by atomic mass is 10.1. The van der Waals surface area contributed by atoms with E-state index in [0.717, 1.165) is 38.5 Å². The molecule has 0 saturated carbocycles. The van der Waals surface area contributed by atoms with Crippen LogP contribution in [0, 0.1) is 0 Å². The van der Waals surface area contributed by atoms with Gasteiger partial charge in [0.1, 0.15) is 13.2 Å². The number of hydrogen-bond acceptors (Lipinski definition) is 6. The number of allylic oxidation sites excluding steroid dienone is 3. The Morgan fingerprint density at radius 3 is 2.26 bits per heavy atom. The normalized spacial score (nSPS) is 16.0. The summed E-state index contributed by atoms with van der Waals surface area (Å²) in [6, 6.07) is -0.890. The molecule has 0 aromatic carbocycles. The molecule has 0 aliphatic carbocycles. The number of hydrogen-bond donors (Lipinski definition) is 2. The Bertz CT molecular complexity index is 648. The highest BCUT2D eigenvalue weighted by atomic mass is 31.2. The first kappa shape index (κ1) is 34.0. The fourth-order valence-electron chi connectivity index (χ4n) is 3.16. The smallest absolute Gasteiger partial charge is 0.268 e. The molecule has 0 fully saturated rings. The van der Waals surface area contributed by atoms with E-state index < -0.39 is 26.6 Å². The molecule has 206 valence electrons. The van der Waals surface area contributed by atoms with Crippen LogP contribution in [-0.2, 0) is 18.4 Å². The Morgan fingerprint density at radius 2 is 1.60 bits per heavy atom. The van der Waals surface area contributed by atoms with Crippen LogP contribution >= 0.6 is 7.82 Å². The lowest BCUT2D eigenvalue weighted by Gasteiger charge is -2.29. The van der Waals surface area contributed by atoms with E-state index in [0.29, 0.717) is 17.4 Å². The number of nitrogens with zero attached hydrogens (tertiary/aromatic N) is 1. The summed E-state index contributed by atoms with van der Waals surface area (Å²) in [5.74, 6) is -0.239. The highest BCUT2D eigenvalue weighted by Gasteiger charge is 2.23. The minimum Gasteiger partial charge on any atom is -0.756 e. The third kappa shape index (κ3) is 21.9. The summed E-state index contributed by atoms with van der Waals surface area (Å²) < 4.78 is 22.6. The number of amides is 1. The highest BCUT2D eigenvalue weighted by molar-refractivity contribution is 7.45. The van der Waals surface area contributed by atoms with Crippen molar-refractivity contribution < 1.29 is 32.9 Å². The highest BCUT2D eigenvalue weighted by Crippen LogP contribution is 2.38. The number of phosphoric acid groups is 1. The van der Waals surface area contributed by atoms with Crippen molar-refractivity contribution in [3.05, 3.63) is 24.3 Å². The fraction of sp³-hybridized carbons (Fsp3) is 0.808. The molecule has 0 heterocycles. The van der Waals surface area contributed by atoms with Gasteiger partial charge >= 0.3 is 0 Å². The van der Waals surface area contributed by atoms with Gasteiger partial charge in [0.15, 0.2) is 0 Å². The summed E-state index contributed by atoms with van der Waals surface area (Å²) in [4.78, 5) is 24.4. The summed E-state index contributed by atoms with van der Waals surface area (Å²) in [5.41, 5.74) is 0. The van der Waals surface area contributed by atoms with Gasteiger partial charge < -0.3 is 28.8 Å². The molecule has 0 aromatic heterocycles. The Labute approximate surface area is 214 Å². The molecule has 2 N–H and O–H groups in total. The number of phosphoric ester groups is 1. The van der Waals surface area contributed by atoms with E-state index in [-0.39, 0.29) is 12.5 Å². The number of aliphatic hydroxyl groups is 1. The molecule has 0 saturated heterocycles. The fourth-order valence-corrected chi connectivity index (χ4v) is 3.89. The van der Waals surface area contributed by atoms with Gasteiger partial charge in [0, 0.05) is 6.42 Å². The van der Waals surface area contributed by atoms with Gasteiger partial charge in [-0.1, -0.05) is 70.3 Å². The second kappa shape index (κ2) is 20.1. The lowest BCUT2D eigenvalue weighted by molar-refractivity contribution is -0.870. The van der Waals surface area contributed by atoms with Crippen LogP contribution in [0.4, 0.5) is 0 Å². The van der Waals surface area contributed by atoms with Gasteiger partial charge in [-0.05, 0) is 32.1 Å². The van der Waals surface area contributed by atoms with Crippen LogP contribution in [0.3, 0.4) is 0 Å². The van der Waals surface area contributed by atoms with Crippen LogP contribution in [0.25, 0.3) is 0 Å². The topological polar surface area (TPSA) is 108 Å². The molecule has 9 heteroatoms. The Kier molecular flexibility index (Phi) is 19.5. The molecule has 3 atom stereocenters. The number of likely N-dealkylation sites (N-methyl/N-ethyl adjacent to an activating group) is 1. The number of rotatable bonds is 22. The van der Waals surface area contributed by atoms with Gasteiger partial charge in [0.2, 0.25) is 5.91 Å². The maximum absolute atomic E-state index is 12.3. The molecule has 0 rings (SSSR count). The zero-order valence-corrected chi connectivity index (χ0v) is 23.6. The predicted molar refractivity (Wildman–Crippen MR) is 141 cm³/mol. The summed E-state index contributed by atoms with van der Waals surface area (Å²) in [6.45, 7) is 4.34. The Morgan fingerprint density at radius 1 is 0.971 bits per heavy atom. The van der Waals surface area contributed by atoms with Crippen molar-refractivity contribution in [2.75, 3.05) is 40.9 Å². The van der Waals surface area contributed by atoms with E-state index >= 15 is 0 Å². The number of quaternary nitrogens is 1. The Balaban J connectivity index is 4.73. The van der Waals surface area contributed by atoms with E-state index in [2.05, 4.69) is 31.3 Å². The van der Waals surface area contributed by atoms with Crippen LogP contribution in [0.5, 0.6) is 0 Å². The summed E-state index contributed by atoms with van der Waals surface area (Å²) in [7, 11) is 1.23. The van der Waals surface area contributed by atoms with Crippen LogP contribution in [0.1, 0.15) is 84.5 Å². The molecule has 8 nitrogen and oxygen atoms in total. The first-order chi connectivity index (χ1) is 16.5. The molecule has 0 spiro atoms. The number of aliphatic hydroxyl groups excluding tert-OH is 1. The SMILES string of the molecule is CCCCCC/C=C/CC/C=C/C(O)C(COP(=O)([O-])OCC[N+](C)(C)C)NC(=O)CCCCC. The van der Waals surface area contributed by atoms with E-state index in [1.807, 2.05) is 27.2 Å². The monoisotopic (exact) mass is 518 g/mol. The molecule has 0 aliphatic rings. The molecular formula is C26H51N2O6P. The number of carbonyl (C=O) groups excluding carboxylic acids is 1. The van der Waals surface area contributed by atoms with Crippen molar-refractivity contribution in [3.63, 3.8) is 0 Å². The van der Waals surface area contributed by atoms with Crippen molar-refractivity contribution in [1.82, 2.24) is 5.32 Å². The van der Waals surface area contributed by atoms with Crippen LogP contribution in [0.2, 0.25) is 0 Å². The summed E-state index contributed by atoms with van der Waals surface area (Å²) >= 11 is 0. The van der Waals surface area contributed by atoms with Gasteiger partial charge in [-0.25, -0.2) is 0 Å². The molecule has 0 bridgehead atoms. The van der Waals surface area contributed by atoms with Gasteiger partial charge in [-0.15, -0.1) is 0 Å². The van der Waals surface area contributed by atoms with Gasteiger partial charge in [-0.2, -0.15) is 0 Å². The summed E-state index contributed by atoms with van der Waals surface area (Å²) in [6.07, 6.45) is 17.3. The minimum atomic E-state index is -4.55. The lowest BCUT2D eigenvalue weighted by Crippen LogP contribution is -2.45. The van der Waals surface area contributed by atoms with Crippen LogP contribution in [-0.4, -0.2) is 68.5 Å². The quantitative estimate of drug-likeness (QED) is 0.0947. The second-order valence-corrected chi connectivity index (χ2v) is 11.4. The molecule has 3 unspecified atom stereocenters. The van der Waals surface area contributed by atoms with E-state index in [1.165, 1.54) is 25.7 Å². The molecule has 1 amide bonds. The van der Waals surface area contributed by atoms with Crippen molar-refractivity contribution in [3.8, 4) is 0 Å². The average Bonchev–Trinajstić information content (AvgIpc) is 2.76. The first-order valence-corrected chi connectivity index (χ1v) is 14.7. The molecular weight excluding hydrogens is 467 g/mol. The average molecular weight is 519 g/mol. The predicted octanol–water partition coefficient (Wildman–Crippen LogP) is 4.48. The number of nitrogens with one attached hydrogen (secondary N) is 1. The minimum absolute atomic E-state index is 0.00704. The molecule has 0 radical (unpaired) electrons. The van der Waals surface area contributed by atoms with Crippen LogP contribution < -0.4 is 10.2 Å². The van der Waals surface area contributed by atoms with Gasteiger partial charge in [0.25, 0.3) is 7.82 Å². The largest absolute Gasteiger partial charge is 0.756 e. The van der Waals surface area contributed by atoms with E-state index in [4.69, 9.17) is 9.05 Å². The van der Waals surface area contributed by atoms with Crippen LogP contribution in [0.15, 0.2) is 24.3 Å². The van der Waals surface area contributed by atoms with Gasteiger partial charge in [0.05, 0.1) is 39.9 Å². The van der Waals surface area contributed by atoms with Crippen molar-refractivity contribution in [2.24, 2.45) is 0 Å². The van der Waals surface area contributed by atoms with E-state index in [9.17, 15) is 19.4 Å². The molecule has 0 aliphatic heterocycles. The summed E-state index contributed by atoms with van der Waals surface area (Å²) in [5, 5.41) is 13.3. The maximum Gasteiger partial charge on any atom is 0.268 e. The van der Waals surface area contributed by atoms with Crippen molar-refractivity contribution in [2.45, 2.75) is 96.6 Å².